The molecule has 2 N–H and O–H groups in total. The van der Waals surface area contributed by atoms with E-state index in [1.54, 1.807) is 12.1 Å². The normalized spacial score (nSPS) is 19.3. The lowest BCUT2D eigenvalue weighted by Gasteiger charge is -2.16. The van der Waals surface area contributed by atoms with E-state index in [0.29, 0.717) is 5.56 Å². The number of aliphatic hydroxyl groups is 1. The summed E-state index contributed by atoms with van der Waals surface area (Å²) in [7, 11) is -3.89. The molecule has 142 valence electrons. The molecule has 0 bridgehead atoms. The highest BCUT2D eigenvalue weighted by atomic mass is 32.2. The Morgan fingerprint density at radius 3 is 2.37 bits per heavy atom. The highest BCUT2D eigenvalue weighted by Gasteiger charge is 2.34. The van der Waals surface area contributed by atoms with Crippen molar-refractivity contribution in [3.63, 3.8) is 0 Å². The van der Waals surface area contributed by atoms with Gasteiger partial charge in [0.1, 0.15) is 6.04 Å². The third kappa shape index (κ3) is 4.07. The molecule has 1 aliphatic rings. The summed E-state index contributed by atoms with van der Waals surface area (Å²) in [6.45, 7) is 1.46. The SMILES string of the molecule is Cc1ccc(S(=O)(=O)NC2=N[C@@H](CO)[C@@H](c3ccc([N+](=O)[O-])cc3)O2)cc1. The Labute approximate surface area is 155 Å². The van der Waals surface area contributed by atoms with Crippen LogP contribution in [0.3, 0.4) is 0 Å². The number of nitro groups is 1. The molecule has 0 spiro atoms. The number of hydrogen-bond acceptors (Lipinski definition) is 7. The summed E-state index contributed by atoms with van der Waals surface area (Å²) in [5.74, 6) is 0. The fourth-order valence-corrected chi connectivity index (χ4v) is 3.54. The van der Waals surface area contributed by atoms with Crippen LogP contribution in [0.25, 0.3) is 0 Å². The van der Waals surface area contributed by atoms with E-state index in [4.69, 9.17) is 4.74 Å². The Kier molecular flexibility index (Phi) is 5.10. The van der Waals surface area contributed by atoms with Gasteiger partial charge in [0.05, 0.1) is 16.4 Å². The van der Waals surface area contributed by atoms with E-state index in [2.05, 4.69) is 9.71 Å². The fourth-order valence-electron chi connectivity index (χ4n) is 2.60. The minimum Gasteiger partial charge on any atom is -0.454 e. The Hall–Kier alpha value is -2.98. The van der Waals surface area contributed by atoms with Crippen molar-refractivity contribution in [3.05, 3.63) is 69.8 Å². The average Bonchev–Trinajstić information content (AvgIpc) is 3.04. The smallest absolute Gasteiger partial charge is 0.300 e. The summed E-state index contributed by atoms with van der Waals surface area (Å²) in [4.78, 5) is 14.4. The second kappa shape index (κ2) is 7.33. The first kappa shape index (κ1) is 18.8. The minimum absolute atomic E-state index is 0.0544. The van der Waals surface area contributed by atoms with Crippen LogP contribution in [0, 0.1) is 17.0 Å². The van der Waals surface area contributed by atoms with Crippen LogP contribution in [-0.2, 0) is 14.8 Å². The van der Waals surface area contributed by atoms with E-state index in [9.17, 15) is 23.6 Å². The van der Waals surface area contributed by atoms with Crippen LogP contribution in [0.5, 0.6) is 0 Å². The van der Waals surface area contributed by atoms with Gasteiger partial charge < -0.3 is 9.84 Å². The Bertz CT molecular complexity index is 971. The molecule has 0 amide bonds. The van der Waals surface area contributed by atoms with Gasteiger partial charge in [-0.05, 0) is 36.8 Å². The van der Waals surface area contributed by atoms with Gasteiger partial charge in [0, 0.05) is 12.1 Å². The molecule has 0 aliphatic carbocycles. The molecule has 0 saturated carbocycles. The molecule has 0 unspecified atom stereocenters. The Morgan fingerprint density at radius 2 is 1.81 bits per heavy atom. The van der Waals surface area contributed by atoms with Gasteiger partial charge in [-0.25, -0.2) is 18.1 Å². The Morgan fingerprint density at radius 1 is 1.19 bits per heavy atom. The molecule has 0 fully saturated rings. The molecular formula is C17H17N3O6S. The van der Waals surface area contributed by atoms with Crippen LogP contribution in [0.15, 0.2) is 58.4 Å². The number of nitro benzene ring substituents is 1. The van der Waals surface area contributed by atoms with Gasteiger partial charge >= 0.3 is 0 Å². The average molecular weight is 391 g/mol. The number of benzene rings is 2. The van der Waals surface area contributed by atoms with Crippen molar-refractivity contribution in [2.75, 3.05) is 6.61 Å². The first-order valence-electron chi connectivity index (χ1n) is 7.99. The summed E-state index contributed by atoms with van der Waals surface area (Å²) >= 11 is 0. The van der Waals surface area contributed by atoms with E-state index < -0.39 is 27.1 Å². The van der Waals surface area contributed by atoms with E-state index in [1.807, 2.05) is 6.92 Å². The number of aliphatic imine (C=N–C) groups is 1. The summed E-state index contributed by atoms with van der Waals surface area (Å²) in [5.41, 5.74) is 1.37. The molecule has 2 aromatic carbocycles. The van der Waals surface area contributed by atoms with Gasteiger partial charge in [0.15, 0.2) is 6.10 Å². The maximum atomic E-state index is 12.4. The van der Waals surface area contributed by atoms with Crippen molar-refractivity contribution < 1.29 is 23.2 Å². The number of ether oxygens (including phenoxy) is 1. The van der Waals surface area contributed by atoms with E-state index >= 15 is 0 Å². The second-order valence-electron chi connectivity index (χ2n) is 5.99. The van der Waals surface area contributed by atoms with Gasteiger partial charge in [0.2, 0.25) is 0 Å². The topological polar surface area (TPSA) is 131 Å². The van der Waals surface area contributed by atoms with Gasteiger partial charge in [-0.2, -0.15) is 0 Å². The van der Waals surface area contributed by atoms with Crippen molar-refractivity contribution in [1.82, 2.24) is 4.72 Å². The molecular weight excluding hydrogens is 374 g/mol. The maximum Gasteiger partial charge on any atom is 0.300 e. The third-order valence-corrected chi connectivity index (χ3v) is 5.38. The second-order valence-corrected chi connectivity index (χ2v) is 7.67. The zero-order valence-corrected chi connectivity index (χ0v) is 15.1. The lowest BCUT2D eigenvalue weighted by Crippen LogP contribution is -2.31. The van der Waals surface area contributed by atoms with Crippen LogP contribution in [0.1, 0.15) is 17.2 Å². The van der Waals surface area contributed by atoms with Crippen molar-refractivity contribution in [1.29, 1.82) is 0 Å². The van der Waals surface area contributed by atoms with E-state index in [-0.39, 0.29) is 23.2 Å². The number of nitrogens with one attached hydrogen (secondary N) is 1. The van der Waals surface area contributed by atoms with Gasteiger partial charge in [-0.3, -0.25) is 10.1 Å². The monoisotopic (exact) mass is 391 g/mol. The molecule has 10 heteroatoms. The summed E-state index contributed by atoms with van der Waals surface area (Å²) < 4.78 is 32.7. The van der Waals surface area contributed by atoms with Crippen molar-refractivity contribution in [2.24, 2.45) is 4.99 Å². The molecule has 3 rings (SSSR count). The predicted molar refractivity (Wildman–Crippen MR) is 96.7 cm³/mol. The fraction of sp³-hybridized carbons (Fsp3) is 0.235. The number of aliphatic hydroxyl groups excluding tert-OH is 1. The molecule has 1 heterocycles. The molecule has 0 radical (unpaired) electrons. The van der Waals surface area contributed by atoms with Crippen LogP contribution in [-0.4, -0.2) is 37.1 Å². The maximum absolute atomic E-state index is 12.4. The first-order chi connectivity index (χ1) is 12.8. The number of nitrogens with zero attached hydrogens (tertiary/aromatic N) is 2. The number of amidine groups is 1. The number of sulfonamides is 1. The summed E-state index contributed by atoms with van der Waals surface area (Å²) in [6.07, 6.45) is -0.758. The summed E-state index contributed by atoms with van der Waals surface area (Å²) in [6, 6.07) is 10.9. The van der Waals surface area contributed by atoms with Crippen LogP contribution < -0.4 is 4.72 Å². The van der Waals surface area contributed by atoms with Crippen molar-refractivity contribution in [2.45, 2.75) is 24.0 Å². The van der Waals surface area contributed by atoms with Crippen LogP contribution in [0.2, 0.25) is 0 Å². The molecule has 2 atom stereocenters. The van der Waals surface area contributed by atoms with Gasteiger partial charge in [-0.1, -0.05) is 17.7 Å². The largest absolute Gasteiger partial charge is 0.454 e. The van der Waals surface area contributed by atoms with Crippen LogP contribution in [0.4, 0.5) is 5.69 Å². The van der Waals surface area contributed by atoms with Gasteiger partial charge in [-0.15, -0.1) is 0 Å². The zero-order chi connectivity index (χ0) is 19.6. The molecule has 2 aromatic rings. The third-order valence-electron chi connectivity index (χ3n) is 4.04. The molecule has 0 aromatic heterocycles. The standard InChI is InChI=1S/C17H17N3O6S/c1-11-2-8-14(9-3-11)27(24,25)19-17-18-15(10-21)16(26-17)12-4-6-13(7-5-12)20(22)23/h2-9,15-16,21H,10H2,1H3,(H,18,19)/t15-,16+/m0/s1. The highest BCUT2D eigenvalue weighted by molar-refractivity contribution is 7.90. The summed E-state index contributed by atoms with van der Waals surface area (Å²) in [5, 5.41) is 20.3. The molecule has 0 saturated heterocycles. The number of non-ortho nitro benzene ring substituents is 1. The Balaban J connectivity index is 1.78. The highest BCUT2D eigenvalue weighted by Crippen LogP contribution is 2.30. The molecule has 1 aliphatic heterocycles. The van der Waals surface area contributed by atoms with Crippen LogP contribution >= 0.6 is 0 Å². The lowest BCUT2D eigenvalue weighted by atomic mass is 10.0. The predicted octanol–water partition coefficient (Wildman–Crippen LogP) is 1.67. The number of aryl methyl sites for hydroxylation is 1. The van der Waals surface area contributed by atoms with E-state index in [1.165, 1.54) is 36.4 Å². The van der Waals surface area contributed by atoms with Crippen molar-refractivity contribution in [3.8, 4) is 0 Å². The molecule has 9 nitrogen and oxygen atoms in total. The quantitative estimate of drug-likeness (QED) is 0.589. The number of hydrogen-bond donors (Lipinski definition) is 2. The number of rotatable bonds is 5. The van der Waals surface area contributed by atoms with E-state index in [0.717, 1.165) is 5.56 Å². The first-order valence-corrected chi connectivity index (χ1v) is 9.47. The van der Waals surface area contributed by atoms with Gasteiger partial charge in [0.25, 0.3) is 21.7 Å². The lowest BCUT2D eigenvalue weighted by molar-refractivity contribution is -0.384. The van der Waals surface area contributed by atoms with Crippen molar-refractivity contribution >= 4 is 21.7 Å². The zero-order valence-electron chi connectivity index (χ0n) is 14.3. The minimum atomic E-state index is -3.89. The molecule has 27 heavy (non-hydrogen) atoms.